The third-order valence-corrected chi connectivity index (χ3v) is 6.23. The topological polar surface area (TPSA) is 48.5 Å². The molecule has 2 fully saturated rings. The maximum absolute atomic E-state index is 13.4. The van der Waals surface area contributed by atoms with Crippen LogP contribution in [0.5, 0.6) is 0 Å². The lowest BCUT2D eigenvalue weighted by molar-refractivity contribution is -0.122. The number of amides is 1. The van der Waals surface area contributed by atoms with Gasteiger partial charge in [0.05, 0.1) is 15.6 Å². The van der Waals surface area contributed by atoms with Crippen LogP contribution in [0.2, 0.25) is 5.02 Å². The number of nitrogens with zero attached hydrogens (tertiary/aromatic N) is 3. The average Bonchev–Trinajstić information content (AvgIpc) is 2.94. The third kappa shape index (κ3) is 3.51. The summed E-state index contributed by atoms with van der Waals surface area (Å²) in [6, 6.07) is 3.21. The first-order valence-electron chi connectivity index (χ1n) is 8.48. The van der Waals surface area contributed by atoms with Crippen LogP contribution < -0.4 is 5.32 Å². The van der Waals surface area contributed by atoms with Gasteiger partial charge >= 0.3 is 0 Å². The molecule has 3 heterocycles. The summed E-state index contributed by atoms with van der Waals surface area (Å²) in [5, 5.41) is 3.65. The highest BCUT2D eigenvalue weighted by atomic mass is 35.5. The van der Waals surface area contributed by atoms with E-state index in [2.05, 4.69) is 27.1 Å². The lowest BCUT2D eigenvalue weighted by Gasteiger charge is -2.46. The summed E-state index contributed by atoms with van der Waals surface area (Å²) in [5.41, 5.74) is 0.533. The molecule has 1 unspecified atom stereocenters. The van der Waals surface area contributed by atoms with Crippen molar-refractivity contribution in [2.45, 2.75) is 18.9 Å². The lowest BCUT2D eigenvalue weighted by Crippen LogP contribution is -2.60. The van der Waals surface area contributed by atoms with Crippen LogP contribution in [-0.2, 0) is 4.79 Å². The summed E-state index contributed by atoms with van der Waals surface area (Å²) in [7, 11) is 2.12. The summed E-state index contributed by atoms with van der Waals surface area (Å²) < 4.78 is 14.1. The van der Waals surface area contributed by atoms with E-state index < -0.39 is 5.82 Å². The van der Waals surface area contributed by atoms with Crippen molar-refractivity contribution in [1.29, 1.82) is 0 Å². The maximum atomic E-state index is 13.4. The number of carbonyl (C=O) groups excluding carboxylic acids is 1. The number of aromatic nitrogens is 1. The average molecular weight is 383 g/mol. The molecule has 134 valence electrons. The summed E-state index contributed by atoms with van der Waals surface area (Å²) in [4.78, 5) is 21.7. The maximum Gasteiger partial charge on any atom is 0.230 e. The van der Waals surface area contributed by atoms with E-state index in [4.69, 9.17) is 11.6 Å². The number of piperidine rings is 1. The van der Waals surface area contributed by atoms with Gasteiger partial charge in [0.15, 0.2) is 5.13 Å². The smallest absolute Gasteiger partial charge is 0.230 e. The molecule has 25 heavy (non-hydrogen) atoms. The number of hydrogen-bond acceptors (Lipinski definition) is 5. The zero-order chi connectivity index (χ0) is 17.6. The van der Waals surface area contributed by atoms with E-state index in [1.165, 1.54) is 23.5 Å². The van der Waals surface area contributed by atoms with Crippen LogP contribution in [0, 0.1) is 11.7 Å². The highest BCUT2D eigenvalue weighted by molar-refractivity contribution is 7.22. The number of thiazole rings is 1. The van der Waals surface area contributed by atoms with E-state index in [1.54, 1.807) is 0 Å². The molecule has 1 N–H and O–H groups in total. The number of likely N-dealkylation sites (tertiary alicyclic amines) is 2. The van der Waals surface area contributed by atoms with Gasteiger partial charge in [-0.2, -0.15) is 0 Å². The summed E-state index contributed by atoms with van der Waals surface area (Å²) in [6.07, 6.45) is 1.93. The second-order valence-corrected chi connectivity index (χ2v) is 8.39. The Morgan fingerprint density at radius 1 is 1.40 bits per heavy atom. The molecule has 8 heteroatoms. The summed E-state index contributed by atoms with van der Waals surface area (Å²) >= 11 is 7.28. The first-order valence-corrected chi connectivity index (χ1v) is 9.68. The normalized spacial score (nSPS) is 22.9. The number of rotatable bonds is 3. The molecule has 2 aromatic rings. The number of nitrogens with one attached hydrogen (secondary N) is 1. The Labute approximate surface area is 154 Å². The van der Waals surface area contributed by atoms with Gasteiger partial charge in [-0.05, 0) is 38.6 Å². The number of benzene rings is 1. The first-order chi connectivity index (χ1) is 12.0. The number of likely N-dealkylation sites (N-methyl/N-ethyl adjacent to an activating group) is 1. The van der Waals surface area contributed by atoms with E-state index in [0.29, 0.717) is 21.4 Å². The van der Waals surface area contributed by atoms with Crippen LogP contribution in [-0.4, -0.2) is 60.0 Å². The Morgan fingerprint density at radius 3 is 2.96 bits per heavy atom. The molecule has 0 radical (unpaired) electrons. The van der Waals surface area contributed by atoms with Gasteiger partial charge in [0, 0.05) is 25.7 Å². The van der Waals surface area contributed by atoms with Gasteiger partial charge in [0.2, 0.25) is 5.91 Å². The van der Waals surface area contributed by atoms with Crippen LogP contribution >= 0.6 is 22.9 Å². The van der Waals surface area contributed by atoms with Crippen molar-refractivity contribution in [2.24, 2.45) is 5.92 Å². The van der Waals surface area contributed by atoms with Gasteiger partial charge in [0.1, 0.15) is 11.3 Å². The SMILES string of the molecule is CN1CC(N2CCCC(C(=O)Nc3nc4c(Cl)cc(F)cc4s3)C2)C1. The number of carbonyl (C=O) groups is 1. The molecule has 5 nitrogen and oxygen atoms in total. The molecule has 2 saturated heterocycles. The van der Waals surface area contributed by atoms with Crippen molar-refractivity contribution in [3.05, 3.63) is 23.0 Å². The van der Waals surface area contributed by atoms with E-state index in [0.717, 1.165) is 39.0 Å². The Hall–Kier alpha value is -1.28. The Morgan fingerprint density at radius 2 is 2.20 bits per heavy atom. The summed E-state index contributed by atoms with van der Waals surface area (Å²) in [5.74, 6) is -0.431. The molecule has 1 amide bonds. The minimum atomic E-state index is -0.396. The molecule has 0 bridgehead atoms. The van der Waals surface area contributed by atoms with Crippen LogP contribution in [0.3, 0.4) is 0 Å². The Kier molecular flexibility index (Phi) is 4.66. The third-order valence-electron chi connectivity index (χ3n) is 5.03. The van der Waals surface area contributed by atoms with Crippen LogP contribution in [0.1, 0.15) is 12.8 Å². The Bertz CT molecular complexity index is 807. The van der Waals surface area contributed by atoms with Gasteiger partial charge in [-0.3, -0.25) is 9.69 Å². The fourth-order valence-electron chi connectivity index (χ4n) is 3.67. The van der Waals surface area contributed by atoms with Gasteiger partial charge < -0.3 is 10.2 Å². The van der Waals surface area contributed by atoms with Crippen LogP contribution in [0.25, 0.3) is 10.2 Å². The number of hydrogen-bond donors (Lipinski definition) is 1. The van der Waals surface area contributed by atoms with Crippen molar-refractivity contribution >= 4 is 44.2 Å². The van der Waals surface area contributed by atoms with Gasteiger partial charge in [0.25, 0.3) is 0 Å². The molecule has 1 atom stereocenters. The fourth-order valence-corrected chi connectivity index (χ4v) is 4.89. The standard InChI is InChI=1S/C17H20ClFN4OS/c1-22-8-12(9-22)23-4-2-3-10(7-23)16(24)21-17-20-15-13(18)5-11(19)6-14(15)25-17/h5-6,10,12H,2-4,7-9H2,1H3,(H,20,21,24). The van der Waals surface area contributed by atoms with Gasteiger partial charge in [-0.15, -0.1) is 0 Å². The molecular formula is C17H20ClFN4OS. The van der Waals surface area contributed by atoms with E-state index in [9.17, 15) is 9.18 Å². The minimum Gasteiger partial charge on any atom is -0.303 e. The number of anilines is 1. The van der Waals surface area contributed by atoms with E-state index in [-0.39, 0.29) is 16.8 Å². The van der Waals surface area contributed by atoms with Crippen molar-refractivity contribution in [3.63, 3.8) is 0 Å². The Balaban J connectivity index is 1.43. The molecule has 0 spiro atoms. The zero-order valence-corrected chi connectivity index (χ0v) is 15.5. The summed E-state index contributed by atoms with van der Waals surface area (Å²) in [6.45, 7) is 4.02. The molecule has 0 aliphatic carbocycles. The second-order valence-electron chi connectivity index (χ2n) is 6.95. The quantitative estimate of drug-likeness (QED) is 0.886. The molecular weight excluding hydrogens is 363 g/mol. The molecule has 0 saturated carbocycles. The minimum absolute atomic E-state index is 0.00646. The highest BCUT2D eigenvalue weighted by Crippen LogP contribution is 2.32. The van der Waals surface area contributed by atoms with E-state index in [1.807, 2.05) is 0 Å². The highest BCUT2D eigenvalue weighted by Gasteiger charge is 2.34. The molecule has 2 aliphatic rings. The number of fused-ring (bicyclic) bond motifs is 1. The van der Waals surface area contributed by atoms with E-state index >= 15 is 0 Å². The molecule has 1 aromatic heterocycles. The predicted octanol–water partition coefficient (Wildman–Crippen LogP) is 3.05. The molecule has 1 aromatic carbocycles. The fraction of sp³-hybridized carbons (Fsp3) is 0.529. The van der Waals surface area contributed by atoms with Crippen molar-refractivity contribution < 1.29 is 9.18 Å². The predicted molar refractivity (Wildman–Crippen MR) is 98.8 cm³/mol. The second kappa shape index (κ2) is 6.79. The van der Waals surface area contributed by atoms with Crippen molar-refractivity contribution in [1.82, 2.24) is 14.8 Å². The largest absolute Gasteiger partial charge is 0.303 e. The van der Waals surface area contributed by atoms with Crippen LogP contribution in [0.4, 0.5) is 9.52 Å². The monoisotopic (exact) mass is 382 g/mol. The van der Waals surface area contributed by atoms with Crippen molar-refractivity contribution in [2.75, 3.05) is 38.5 Å². The lowest BCUT2D eigenvalue weighted by atomic mass is 9.94. The zero-order valence-electron chi connectivity index (χ0n) is 14.0. The van der Waals surface area contributed by atoms with Gasteiger partial charge in [-0.1, -0.05) is 22.9 Å². The van der Waals surface area contributed by atoms with Crippen LogP contribution in [0.15, 0.2) is 12.1 Å². The first kappa shape index (κ1) is 17.1. The number of halogens is 2. The van der Waals surface area contributed by atoms with Gasteiger partial charge in [-0.25, -0.2) is 9.37 Å². The van der Waals surface area contributed by atoms with Crippen molar-refractivity contribution in [3.8, 4) is 0 Å². The molecule has 2 aliphatic heterocycles. The molecule has 4 rings (SSSR count).